The molecule has 2 aliphatic rings. The predicted octanol–water partition coefficient (Wildman–Crippen LogP) is -0.400. The van der Waals surface area contributed by atoms with Crippen molar-refractivity contribution in [3.05, 3.63) is 24.2 Å². The number of hydrogen-bond acceptors (Lipinski definition) is 6. The molecule has 2 saturated heterocycles. The highest BCUT2D eigenvalue weighted by Gasteiger charge is 2.38. The zero-order valence-corrected chi connectivity index (χ0v) is 16.0. The second-order valence-corrected chi connectivity index (χ2v) is 8.94. The summed E-state index contributed by atoms with van der Waals surface area (Å²) in [4.78, 5) is 41.8. The van der Waals surface area contributed by atoms with E-state index in [0.29, 0.717) is 19.5 Å². The molecule has 3 heterocycles. The van der Waals surface area contributed by atoms with E-state index in [1.54, 1.807) is 24.0 Å². The largest absolute Gasteiger partial charge is 0.459 e. The van der Waals surface area contributed by atoms with E-state index in [2.05, 4.69) is 0 Å². The average molecular weight is 397 g/mol. The van der Waals surface area contributed by atoms with Crippen LogP contribution in [0.4, 0.5) is 0 Å². The Morgan fingerprint density at radius 3 is 2.37 bits per heavy atom. The second-order valence-electron chi connectivity index (χ2n) is 6.71. The van der Waals surface area contributed by atoms with Crippen LogP contribution in [0.1, 0.15) is 23.9 Å². The summed E-state index contributed by atoms with van der Waals surface area (Å²) in [7, 11) is -3.14. The molecule has 0 bridgehead atoms. The molecule has 1 atom stereocenters. The molecule has 0 aromatic carbocycles. The van der Waals surface area contributed by atoms with E-state index in [1.807, 2.05) is 0 Å². The van der Waals surface area contributed by atoms with E-state index >= 15 is 0 Å². The summed E-state index contributed by atoms with van der Waals surface area (Å²) in [5, 5.41) is 0. The third kappa shape index (κ3) is 4.15. The first-order chi connectivity index (χ1) is 12.8. The van der Waals surface area contributed by atoms with Crippen molar-refractivity contribution in [1.29, 1.82) is 0 Å². The Balaban J connectivity index is 1.58. The Morgan fingerprint density at radius 2 is 1.85 bits per heavy atom. The summed E-state index contributed by atoms with van der Waals surface area (Å²) in [5.74, 6) is -1.37. The van der Waals surface area contributed by atoms with Gasteiger partial charge in [-0.25, -0.2) is 8.42 Å². The van der Waals surface area contributed by atoms with E-state index < -0.39 is 27.7 Å². The lowest BCUT2D eigenvalue weighted by atomic mass is 10.2. The number of rotatable bonds is 3. The zero-order valence-electron chi connectivity index (χ0n) is 15.2. The van der Waals surface area contributed by atoms with Crippen LogP contribution in [0.5, 0.6) is 0 Å². The monoisotopic (exact) mass is 397 g/mol. The van der Waals surface area contributed by atoms with Gasteiger partial charge in [-0.1, -0.05) is 0 Å². The highest BCUT2D eigenvalue weighted by Crippen LogP contribution is 2.19. The fraction of sp³-hybridized carbons (Fsp3) is 0.588. The maximum atomic E-state index is 12.6. The lowest BCUT2D eigenvalue weighted by molar-refractivity contribution is -0.153. The molecule has 0 radical (unpaired) electrons. The smallest absolute Gasteiger partial charge is 0.312 e. The molecule has 27 heavy (non-hydrogen) atoms. The topological polar surface area (TPSA) is 108 Å². The van der Waals surface area contributed by atoms with E-state index in [-0.39, 0.29) is 42.8 Å². The lowest BCUT2D eigenvalue weighted by Crippen LogP contribution is -2.55. The summed E-state index contributed by atoms with van der Waals surface area (Å²) < 4.78 is 28.4. The van der Waals surface area contributed by atoms with Crippen molar-refractivity contribution in [2.45, 2.75) is 19.4 Å². The van der Waals surface area contributed by atoms with Gasteiger partial charge in [0.25, 0.3) is 5.91 Å². The minimum atomic E-state index is -3.14. The molecule has 3 amide bonds. The Morgan fingerprint density at radius 1 is 1.19 bits per heavy atom. The Kier molecular flexibility index (Phi) is 5.54. The van der Waals surface area contributed by atoms with Crippen LogP contribution in [-0.4, -0.2) is 91.1 Å². The number of carbonyl (C=O) groups excluding carboxylic acids is 3. The van der Waals surface area contributed by atoms with Crippen LogP contribution in [-0.2, 0) is 19.4 Å². The summed E-state index contributed by atoms with van der Waals surface area (Å²) >= 11 is 0. The normalized spacial score (nSPS) is 21.9. The standard InChI is InChI=1S/C17H23N3O6S/c1-2-20(13-5-11-27(24,25)12-13)17(23)16(22)19-8-6-18(7-9-19)15(21)14-4-3-10-26-14/h3-4,10,13H,2,5-9,11-12H2,1H3. The number of sulfone groups is 1. The molecule has 3 rings (SSSR count). The number of hydrogen-bond donors (Lipinski definition) is 0. The van der Waals surface area contributed by atoms with Crippen LogP contribution >= 0.6 is 0 Å². The molecule has 0 saturated carbocycles. The first-order valence-corrected chi connectivity index (χ1v) is 10.8. The highest BCUT2D eigenvalue weighted by atomic mass is 32.2. The Hall–Kier alpha value is -2.36. The number of furan rings is 1. The van der Waals surface area contributed by atoms with Crippen molar-refractivity contribution in [2.75, 3.05) is 44.2 Å². The first kappa shape index (κ1) is 19.4. The molecular weight excluding hydrogens is 374 g/mol. The average Bonchev–Trinajstić information content (AvgIpc) is 3.31. The van der Waals surface area contributed by atoms with E-state index in [1.165, 1.54) is 16.1 Å². The lowest BCUT2D eigenvalue weighted by Gasteiger charge is -2.35. The first-order valence-electron chi connectivity index (χ1n) is 8.95. The van der Waals surface area contributed by atoms with Gasteiger partial charge in [-0.2, -0.15) is 0 Å². The molecule has 0 spiro atoms. The summed E-state index contributed by atoms with van der Waals surface area (Å²) in [6.45, 7) is 3.12. The fourth-order valence-corrected chi connectivity index (χ4v) is 5.25. The van der Waals surface area contributed by atoms with Gasteiger partial charge in [0.15, 0.2) is 15.6 Å². The number of likely N-dealkylation sites (N-methyl/N-ethyl adjacent to an activating group) is 1. The molecule has 2 aliphatic heterocycles. The summed E-state index contributed by atoms with van der Waals surface area (Å²) in [6.07, 6.45) is 1.79. The number of carbonyl (C=O) groups is 3. The van der Waals surface area contributed by atoms with E-state index in [0.717, 1.165) is 0 Å². The van der Waals surface area contributed by atoms with Gasteiger partial charge >= 0.3 is 11.8 Å². The highest BCUT2D eigenvalue weighted by molar-refractivity contribution is 7.91. The van der Waals surface area contributed by atoms with Gasteiger partial charge in [0, 0.05) is 38.8 Å². The molecule has 9 nitrogen and oxygen atoms in total. The number of piperazine rings is 1. The second kappa shape index (κ2) is 7.71. The van der Waals surface area contributed by atoms with Gasteiger partial charge in [-0.15, -0.1) is 0 Å². The van der Waals surface area contributed by atoms with Gasteiger partial charge in [-0.05, 0) is 25.5 Å². The molecule has 1 aromatic rings. The SMILES string of the molecule is CCN(C(=O)C(=O)N1CCN(C(=O)c2ccco2)CC1)C1CCS(=O)(=O)C1. The molecule has 2 fully saturated rings. The van der Waals surface area contributed by atoms with Crippen LogP contribution in [0.3, 0.4) is 0 Å². The minimum absolute atomic E-state index is 0.0448. The van der Waals surface area contributed by atoms with Gasteiger partial charge in [0.1, 0.15) is 0 Å². The molecular formula is C17H23N3O6S. The molecule has 1 aromatic heterocycles. The van der Waals surface area contributed by atoms with Crippen molar-refractivity contribution in [3.63, 3.8) is 0 Å². The third-order valence-electron chi connectivity index (χ3n) is 5.02. The van der Waals surface area contributed by atoms with Gasteiger partial charge in [-0.3, -0.25) is 14.4 Å². The van der Waals surface area contributed by atoms with Gasteiger partial charge < -0.3 is 19.1 Å². The molecule has 1 unspecified atom stereocenters. The minimum Gasteiger partial charge on any atom is -0.459 e. The van der Waals surface area contributed by atoms with E-state index in [9.17, 15) is 22.8 Å². The fourth-order valence-electron chi connectivity index (χ4n) is 3.52. The summed E-state index contributed by atoms with van der Waals surface area (Å²) in [6, 6.07) is 2.77. The molecule has 10 heteroatoms. The van der Waals surface area contributed by atoms with Crippen LogP contribution in [0, 0.1) is 0 Å². The van der Waals surface area contributed by atoms with Crippen molar-refractivity contribution in [2.24, 2.45) is 0 Å². The van der Waals surface area contributed by atoms with Gasteiger partial charge in [0.05, 0.1) is 17.8 Å². The predicted molar refractivity (Wildman–Crippen MR) is 95.6 cm³/mol. The molecule has 148 valence electrons. The van der Waals surface area contributed by atoms with Crippen molar-refractivity contribution < 1.29 is 27.2 Å². The Bertz CT molecular complexity index is 812. The van der Waals surface area contributed by atoms with Crippen LogP contribution in [0.15, 0.2) is 22.8 Å². The molecule has 0 aliphatic carbocycles. The van der Waals surface area contributed by atoms with Crippen LogP contribution in [0.25, 0.3) is 0 Å². The van der Waals surface area contributed by atoms with Crippen molar-refractivity contribution >= 4 is 27.6 Å². The summed E-state index contributed by atoms with van der Waals surface area (Å²) in [5.41, 5.74) is 0. The number of amides is 3. The maximum Gasteiger partial charge on any atom is 0.312 e. The maximum absolute atomic E-state index is 12.6. The van der Waals surface area contributed by atoms with Crippen LogP contribution < -0.4 is 0 Å². The quantitative estimate of drug-likeness (QED) is 0.642. The van der Waals surface area contributed by atoms with Crippen molar-refractivity contribution in [3.8, 4) is 0 Å². The zero-order chi connectivity index (χ0) is 19.6. The number of nitrogens with zero attached hydrogens (tertiary/aromatic N) is 3. The Labute approximate surface area is 157 Å². The van der Waals surface area contributed by atoms with E-state index in [4.69, 9.17) is 4.42 Å². The van der Waals surface area contributed by atoms with Crippen LogP contribution in [0.2, 0.25) is 0 Å². The van der Waals surface area contributed by atoms with Gasteiger partial charge in [0.2, 0.25) is 0 Å². The molecule has 0 N–H and O–H groups in total. The third-order valence-corrected chi connectivity index (χ3v) is 6.77. The van der Waals surface area contributed by atoms with Crippen molar-refractivity contribution in [1.82, 2.24) is 14.7 Å².